The van der Waals surface area contributed by atoms with E-state index in [-0.39, 0.29) is 5.54 Å². The van der Waals surface area contributed by atoms with Gasteiger partial charge in [-0.3, -0.25) is 0 Å². The average Bonchev–Trinajstić information content (AvgIpc) is 2.89. The lowest BCUT2D eigenvalue weighted by Gasteiger charge is -2.08. The van der Waals surface area contributed by atoms with E-state index >= 15 is 0 Å². The van der Waals surface area contributed by atoms with Crippen LogP contribution in [0.5, 0.6) is 5.75 Å². The maximum Gasteiger partial charge on any atom is 0.235 e. The van der Waals surface area contributed by atoms with Gasteiger partial charge in [-0.25, -0.2) is 4.79 Å². The number of aliphatic imine (C=N–C) groups is 1. The molecule has 1 aliphatic heterocycles. The zero-order chi connectivity index (χ0) is 10.3. The van der Waals surface area contributed by atoms with Crippen LogP contribution in [-0.4, -0.2) is 12.0 Å². The molecule has 1 aromatic carbocycles. The number of carbonyl (C=O) groups excluding carboxylic acids is 1. The van der Waals surface area contributed by atoms with Crippen molar-refractivity contribution < 1.29 is 9.53 Å². The van der Waals surface area contributed by atoms with Crippen molar-refractivity contribution in [2.24, 2.45) is 4.99 Å². The van der Waals surface area contributed by atoms with Crippen molar-refractivity contribution in [1.29, 1.82) is 0 Å². The van der Waals surface area contributed by atoms with Gasteiger partial charge in [0.1, 0.15) is 11.7 Å². The van der Waals surface area contributed by atoms with E-state index < -0.39 is 0 Å². The molecule has 3 nitrogen and oxygen atoms in total. The lowest BCUT2D eigenvalue weighted by atomic mass is 10.1. The van der Waals surface area contributed by atoms with Gasteiger partial charge < -0.3 is 4.74 Å². The van der Waals surface area contributed by atoms with Gasteiger partial charge in [-0.15, -0.1) is 0 Å². The van der Waals surface area contributed by atoms with Crippen molar-refractivity contribution >= 4 is 17.8 Å². The molecule has 0 N–H and O–H groups in total. The number of rotatable bonds is 2. The smallest absolute Gasteiger partial charge is 0.235 e. The van der Waals surface area contributed by atoms with Crippen LogP contribution in [0.25, 0.3) is 0 Å². The number of nitrogens with zero attached hydrogens (tertiary/aromatic N) is 1. The Morgan fingerprint density at radius 2 is 2.33 bits per heavy atom. The van der Waals surface area contributed by atoms with E-state index in [1.807, 2.05) is 12.1 Å². The number of hydrogen-bond donors (Lipinski definition) is 0. The Hall–Kier alpha value is -1.25. The minimum Gasteiger partial charge on any atom is -0.481 e. The van der Waals surface area contributed by atoms with Crippen LogP contribution >= 0.6 is 11.8 Å². The average molecular weight is 219 g/mol. The van der Waals surface area contributed by atoms with Gasteiger partial charge in [-0.1, -0.05) is 17.8 Å². The second-order valence-electron chi connectivity index (χ2n) is 3.80. The largest absolute Gasteiger partial charge is 0.481 e. The molecule has 2 aliphatic rings. The maximum absolute atomic E-state index is 10.3. The third kappa shape index (κ3) is 1.37. The molecule has 1 saturated carbocycles. The van der Waals surface area contributed by atoms with E-state index in [0.717, 1.165) is 29.1 Å². The highest BCUT2D eigenvalue weighted by Crippen LogP contribution is 2.51. The molecule has 0 bridgehead atoms. The summed E-state index contributed by atoms with van der Waals surface area (Å²) >= 11 is 1.68. The molecule has 1 aromatic rings. The lowest BCUT2D eigenvalue weighted by Crippen LogP contribution is -2.01. The van der Waals surface area contributed by atoms with Crippen LogP contribution in [0.4, 0.5) is 0 Å². The van der Waals surface area contributed by atoms with Gasteiger partial charge in [0.05, 0.1) is 10.4 Å². The van der Waals surface area contributed by atoms with E-state index in [2.05, 4.69) is 11.1 Å². The molecule has 0 radical (unpaired) electrons. The fourth-order valence-corrected chi connectivity index (χ4v) is 2.65. The second kappa shape index (κ2) is 3.12. The minimum absolute atomic E-state index is 0.264. The van der Waals surface area contributed by atoms with Gasteiger partial charge in [0.15, 0.2) is 0 Å². The Balaban J connectivity index is 2.03. The van der Waals surface area contributed by atoms with Gasteiger partial charge in [0.2, 0.25) is 6.08 Å². The molecular formula is C11H9NO2S. The van der Waals surface area contributed by atoms with Crippen molar-refractivity contribution in [3.63, 3.8) is 0 Å². The Morgan fingerprint density at radius 3 is 3.07 bits per heavy atom. The van der Waals surface area contributed by atoms with E-state index in [9.17, 15) is 4.79 Å². The maximum atomic E-state index is 10.3. The first-order chi connectivity index (χ1) is 7.34. The quantitative estimate of drug-likeness (QED) is 0.566. The van der Waals surface area contributed by atoms with E-state index in [4.69, 9.17) is 4.74 Å². The van der Waals surface area contributed by atoms with Crippen molar-refractivity contribution in [1.82, 2.24) is 0 Å². The molecular weight excluding hydrogens is 210 g/mol. The van der Waals surface area contributed by atoms with Crippen LogP contribution in [0, 0.1) is 0 Å². The summed E-state index contributed by atoms with van der Waals surface area (Å²) in [4.78, 5) is 15.4. The number of hydrogen-bond acceptors (Lipinski definition) is 4. The number of thioether (sulfide) groups is 1. The highest BCUT2D eigenvalue weighted by molar-refractivity contribution is 7.99. The van der Waals surface area contributed by atoms with Crippen molar-refractivity contribution in [2.75, 3.05) is 5.94 Å². The van der Waals surface area contributed by atoms with Gasteiger partial charge in [-0.05, 0) is 30.5 Å². The summed E-state index contributed by atoms with van der Waals surface area (Å²) < 4.78 is 5.40. The van der Waals surface area contributed by atoms with Gasteiger partial charge >= 0.3 is 0 Å². The fraction of sp³-hybridized carbons (Fsp3) is 0.364. The monoisotopic (exact) mass is 219 g/mol. The fourth-order valence-electron chi connectivity index (χ4n) is 1.86. The summed E-state index contributed by atoms with van der Waals surface area (Å²) in [6, 6.07) is 6.05. The molecule has 0 amide bonds. The molecule has 1 heterocycles. The Morgan fingerprint density at radius 1 is 1.47 bits per heavy atom. The number of ether oxygens (including phenoxy) is 1. The molecule has 76 valence electrons. The minimum atomic E-state index is -0.264. The Bertz CT molecular complexity index is 462. The third-order valence-corrected chi connectivity index (χ3v) is 3.76. The number of fused-ring (bicyclic) bond motifs is 1. The van der Waals surface area contributed by atoms with Crippen molar-refractivity contribution in [3.8, 4) is 5.75 Å². The van der Waals surface area contributed by atoms with Crippen LogP contribution in [0.3, 0.4) is 0 Å². The normalized spacial score (nSPS) is 20.0. The predicted octanol–water partition coefficient (Wildman–Crippen LogP) is 2.45. The predicted molar refractivity (Wildman–Crippen MR) is 56.8 cm³/mol. The summed E-state index contributed by atoms with van der Waals surface area (Å²) in [5, 5.41) is 0. The first kappa shape index (κ1) is 9.01. The topological polar surface area (TPSA) is 38.7 Å². The standard InChI is InChI=1S/C11H9NO2S/c13-6-12-11(3-4-11)8-1-2-9-10(5-8)15-7-14-9/h1-2,5H,3-4,7H2. The number of isocyanates is 1. The Labute approximate surface area is 91.5 Å². The summed E-state index contributed by atoms with van der Waals surface area (Å²) in [7, 11) is 0. The molecule has 15 heavy (non-hydrogen) atoms. The Kier molecular flexibility index (Phi) is 1.87. The first-order valence-corrected chi connectivity index (χ1v) is 5.82. The zero-order valence-electron chi connectivity index (χ0n) is 8.03. The third-order valence-electron chi connectivity index (χ3n) is 2.89. The van der Waals surface area contributed by atoms with Crippen LogP contribution in [-0.2, 0) is 10.3 Å². The molecule has 0 spiro atoms. The molecule has 4 heteroatoms. The molecule has 0 atom stereocenters. The molecule has 0 saturated heterocycles. The highest BCUT2D eigenvalue weighted by Gasteiger charge is 2.45. The highest BCUT2D eigenvalue weighted by atomic mass is 32.2. The summed E-state index contributed by atoms with van der Waals surface area (Å²) in [6.07, 6.45) is 3.58. The molecule has 3 rings (SSSR count). The SMILES string of the molecule is O=C=NC1(c2ccc3c(c2)SCO3)CC1. The zero-order valence-corrected chi connectivity index (χ0v) is 8.84. The molecule has 0 unspecified atom stereocenters. The van der Waals surface area contributed by atoms with Gasteiger partial charge in [0, 0.05) is 0 Å². The van der Waals surface area contributed by atoms with Crippen LogP contribution in [0.15, 0.2) is 28.1 Å². The summed E-state index contributed by atoms with van der Waals surface area (Å²) in [5.74, 6) is 1.62. The van der Waals surface area contributed by atoms with E-state index in [1.165, 1.54) is 0 Å². The second-order valence-corrected chi connectivity index (χ2v) is 4.77. The summed E-state index contributed by atoms with van der Waals surface area (Å²) in [6.45, 7) is 0. The summed E-state index contributed by atoms with van der Waals surface area (Å²) in [5.41, 5.74) is 0.850. The van der Waals surface area contributed by atoms with E-state index in [1.54, 1.807) is 17.8 Å². The van der Waals surface area contributed by atoms with Crippen LogP contribution < -0.4 is 4.74 Å². The molecule has 1 aliphatic carbocycles. The van der Waals surface area contributed by atoms with E-state index in [0.29, 0.717) is 5.94 Å². The van der Waals surface area contributed by atoms with Gasteiger partial charge in [0.25, 0.3) is 0 Å². The van der Waals surface area contributed by atoms with Gasteiger partial charge in [-0.2, -0.15) is 4.99 Å². The van der Waals surface area contributed by atoms with Crippen molar-refractivity contribution in [3.05, 3.63) is 23.8 Å². The number of benzene rings is 1. The first-order valence-electron chi connectivity index (χ1n) is 4.83. The molecule has 1 fully saturated rings. The molecule has 0 aromatic heterocycles. The van der Waals surface area contributed by atoms with Crippen molar-refractivity contribution in [2.45, 2.75) is 23.3 Å². The van der Waals surface area contributed by atoms with Crippen LogP contribution in [0.1, 0.15) is 18.4 Å². The lowest BCUT2D eigenvalue weighted by molar-refractivity contribution is 0.397. The van der Waals surface area contributed by atoms with Crippen LogP contribution in [0.2, 0.25) is 0 Å².